The van der Waals surface area contributed by atoms with Gasteiger partial charge in [0.05, 0.1) is 24.9 Å². The van der Waals surface area contributed by atoms with Gasteiger partial charge in [0.15, 0.2) is 17.5 Å². The Bertz CT molecular complexity index is 3830. The standard InChI is InChI=1S/C57H36N4S/c1-3-16-37(17-4-1)39-20-13-22-42(34-39)55-58-56(43-23-14-21-40(35-43)38-18-5-2-6-19-38)60-57(59-55)49-36-41(44-27-15-28-48-47-26-9-12-31-53(47)62-54(44)48)32-33-52(49)61-50-29-10-7-24-45(50)46-25-8-11-30-51(46)61/h1-36H/i7D,8D,24D,25D,29D,30D. The average Bonchev–Trinajstić information content (AvgIpc) is 3.96. The first-order chi connectivity index (χ1) is 33.2. The molecule has 0 unspecified atom stereocenters. The molecule has 3 heterocycles. The number of rotatable bonds is 7. The van der Waals surface area contributed by atoms with Crippen molar-refractivity contribution in [2.24, 2.45) is 0 Å². The molecule has 0 amide bonds. The topological polar surface area (TPSA) is 43.6 Å². The van der Waals surface area contributed by atoms with Crippen molar-refractivity contribution in [1.29, 1.82) is 0 Å². The predicted octanol–water partition coefficient (Wildman–Crippen LogP) is 15.3. The first kappa shape index (κ1) is 30.1. The summed E-state index contributed by atoms with van der Waals surface area (Å²) in [5.74, 6) is 1.18. The minimum atomic E-state index is -0.186. The molecule has 3 aromatic heterocycles. The lowest BCUT2D eigenvalue weighted by Gasteiger charge is -2.17. The van der Waals surface area contributed by atoms with Gasteiger partial charge in [-0.25, -0.2) is 15.0 Å². The van der Waals surface area contributed by atoms with Gasteiger partial charge in [0.2, 0.25) is 0 Å². The molecule has 0 atom stereocenters. The zero-order valence-electron chi connectivity index (χ0n) is 39.0. The molecule has 0 aliphatic carbocycles. The molecule has 0 radical (unpaired) electrons. The molecule has 0 saturated carbocycles. The number of hydrogen-bond acceptors (Lipinski definition) is 4. The molecule has 0 saturated heterocycles. The lowest BCUT2D eigenvalue weighted by Crippen LogP contribution is -2.04. The van der Waals surface area contributed by atoms with Gasteiger partial charge in [-0.2, -0.15) is 0 Å². The first-order valence-electron chi connectivity index (χ1n) is 23.3. The smallest absolute Gasteiger partial charge is 0.166 e. The van der Waals surface area contributed by atoms with Crippen molar-refractivity contribution in [2.75, 3.05) is 0 Å². The van der Waals surface area contributed by atoms with E-state index in [4.69, 9.17) is 20.4 Å². The Morgan fingerprint density at radius 2 is 0.903 bits per heavy atom. The Morgan fingerprint density at radius 3 is 1.55 bits per heavy atom. The second kappa shape index (κ2) is 14.9. The third-order valence-electron chi connectivity index (χ3n) is 11.4. The highest BCUT2D eigenvalue weighted by molar-refractivity contribution is 7.26. The van der Waals surface area contributed by atoms with Crippen LogP contribution in [0.25, 0.3) is 115 Å². The fourth-order valence-corrected chi connectivity index (χ4v) is 9.74. The average molecular weight is 815 g/mol. The Hall–Kier alpha value is -7.99. The van der Waals surface area contributed by atoms with Crippen molar-refractivity contribution in [3.05, 3.63) is 218 Å². The molecule has 290 valence electrons. The molecule has 12 aromatic rings. The van der Waals surface area contributed by atoms with E-state index >= 15 is 0 Å². The van der Waals surface area contributed by atoms with E-state index < -0.39 is 0 Å². The quantitative estimate of drug-likeness (QED) is 0.161. The highest BCUT2D eigenvalue weighted by atomic mass is 32.1. The Balaban J connectivity index is 1.19. The van der Waals surface area contributed by atoms with E-state index in [1.54, 1.807) is 15.9 Å². The van der Waals surface area contributed by atoms with Crippen molar-refractivity contribution in [2.45, 2.75) is 0 Å². The van der Waals surface area contributed by atoms with Gasteiger partial charge in [0.1, 0.15) is 0 Å². The Kier molecular flexibility index (Phi) is 7.25. The second-order valence-electron chi connectivity index (χ2n) is 15.1. The maximum atomic E-state index is 9.36. The van der Waals surface area contributed by atoms with Crippen LogP contribution in [0.15, 0.2) is 218 Å². The van der Waals surface area contributed by atoms with Crippen molar-refractivity contribution in [3.8, 4) is 73.2 Å². The van der Waals surface area contributed by atoms with Crippen LogP contribution in [0.3, 0.4) is 0 Å². The van der Waals surface area contributed by atoms with Gasteiger partial charge in [0.25, 0.3) is 0 Å². The Morgan fingerprint density at radius 1 is 0.371 bits per heavy atom. The van der Waals surface area contributed by atoms with Crippen LogP contribution in [0, 0.1) is 0 Å². The van der Waals surface area contributed by atoms with Crippen molar-refractivity contribution >= 4 is 53.3 Å². The normalized spacial score (nSPS) is 12.9. The molecule has 9 aromatic carbocycles. The number of aromatic nitrogens is 4. The van der Waals surface area contributed by atoms with E-state index in [1.165, 1.54) is 22.2 Å². The highest BCUT2D eigenvalue weighted by Crippen LogP contribution is 2.43. The number of fused-ring (bicyclic) bond motifs is 6. The molecule has 0 aliphatic heterocycles. The molecule has 12 rings (SSSR count). The fraction of sp³-hybridized carbons (Fsp3) is 0. The van der Waals surface area contributed by atoms with E-state index in [1.807, 2.05) is 78.9 Å². The van der Waals surface area contributed by atoms with Gasteiger partial charge < -0.3 is 4.57 Å². The number of benzene rings is 9. The summed E-state index contributed by atoms with van der Waals surface area (Å²) in [6, 6.07) is 59.0. The third-order valence-corrected chi connectivity index (χ3v) is 12.6. The lowest BCUT2D eigenvalue weighted by atomic mass is 9.99. The number of thiophene rings is 1. The van der Waals surface area contributed by atoms with Crippen molar-refractivity contribution in [1.82, 2.24) is 19.5 Å². The summed E-state index contributed by atoms with van der Waals surface area (Å²) in [4.78, 5) is 15.8. The molecule has 0 N–H and O–H groups in total. The molecule has 0 aliphatic rings. The van der Waals surface area contributed by atoms with E-state index in [2.05, 4.69) is 91.0 Å². The first-order valence-corrected chi connectivity index (χ1v) is 21.2. The number of hydrogen-bond donors (Lipinski definition) is 0. The van der Waals surface area contributed by atoms with Gasteiger partial charge >= 0.3 is 0 Å². The maximum Gasteiger partial charge on any atom is 0.166 e. The number of para-hydroxylation sites is 2. The molecular weight excluding hydrogens is 773 g/mol. The summed E-state index contributed by atoms with van der Waals surface area (Å²) in [6.07, 6.45) is 0. The minimum Gasteiger partial charge on any atom is -0.309 e. The van der Waals surface area contributed by atoms with E-state index in [0.29, 0.717) is 28.7 Å². The van der Waals surface area contributed by atoms with Crippen LogP contribution in [0.4, 0.5) is 0 Å². The number of nitrogens with zero attached hydrogens (tertiary/aromatic N) is 4. The van der Waals surface area contributed by atoms with Crippen molar-refractivity contribution < 1.29 is 8.22 Å². The second-order valence-corrected chi connectivity index (χ2v) is 16.2. The van der Waals surface area contributed by atoms with E-state index in [-0.39, 0.29) is 58.1 Å². The molecule has 4 nitrogen and oxygen atoms in total. The molecule has 0 bridgehead atoms. The van der Waals surface area contributed by atoms with E-state index in [9.17, 15) is 2.74 Å². The van der Waals surface area contributed by atoms with Crippen LogP contribution in [-0.4, -0.2) is 19.5 Å². The van der Waals surface area contributed by atoms with Gasteiger partial charge in [-0.05, 0) is 75.8 Å². The molecule has 5 heteroatoms. The van der Waals surface area contributed by atoms with Crippen LogP contribution >= 0.6 is 11.3 Å². The Labute approximate surface area is 371 Å². The van der Waals surface area contributed by atoms with Gasteiger partial charge in [-0.15, -0.1) is 11.3 Å². The van der Waals surface area contributed by atoms with Gasteiger partial charge in [0, 0.05) is 47.6 Å². The van der Waals surface area contributed by atoms with Gasteiger partial charge in [-0.1, -0.05) is 176 Å². The summed E-state index contributed by atoms with van der Waals surface area (Å²) in [5.41, 5.74) is 9.02. The summed E-state index contributed by atoms with van der Waals surface area (Å²) in [5, 5.41) is 2.65. The summed E-state index contributed by atoms with van der Waals surface area (Å²) >= 11 is 1.73. The summed E-state index contributed by atoms with van der Waals surface area (Å²) < 4.78 is 58.4. The lowest BCUT2D eigenvalue weighted by molar-refractivity contribution is 1.06. The van der Waals surface area contributed by atoms with Crippen LogP contribution in [0.2, 0.25) is 0 Å². The fourth-order valence-electron chi connectivity index (χ4n) is 8.50. The van der Waals surface area contributed by atoms with Crippen LogP contribution in [0.1, 0.15) is 8.22 Å². The maximum absolute atomic E-state index is 9.36. The van der Waals surface area contributed by atoms with E-state index in [0.717, 1.165) is 54.6 Å². The monoisotopic (exact) mass is 814 g/mol. The third kappa shape index (κ3) is 6.18. The van der Waals surface area contributed by atoms with Crippen LogP contribution < -0.4 is 0 Å². The van der Waals surface area contributed by atoms with Crippen LogP contribution in [-0.2, 0) is 0 Å². The van der Waals surface area contributed by atoms with Crippen LogP contribution in [0.5, 0.6) is 0 Å². The van der Waals surface area contributed by atoms with Gasteiger partial charge in [-0.3, -0.25) is 0 Å². The van der Waals surface area contributed by atoms with Crippen molar-refractivity contribution in [3.63, 3.8) is 0 Å². The minimum absolute atomic E-state index is 0.0555. The largest absolute Gasteiger partial charge is 0.309 e. The highest BCUT2D eigenvalue weighted by Gasteiger charge is 2.21. The molecule has 0 spiro atoms. The zero-order chi connectivity index (χ0) is 46.2. The molecule has 62 heavy (non-hydrogen) atoms. The summed E-state index contributed by atoms with van der Waals surface area (Å²) in [7, 11) is 0. The summed E-state index contributed by atoms with van der Waals surface area (Å²) in [6.45, 7) is 0. The molecule has 0 fully saturated rings. The SMILES string of the molecule is [2H]c1cc([2H])c2c(c1[2H])c1c([2H])c([2H])cc([2H])c1n2-c1ccc(-c2cccc3c2sc2ccccc23)cc1-c1nc(-c2cccc(-c3ccccc3)c2)nc(-c2cccc(-c3ccccc3)c2)n1. The predicted molar refractivity (Wildman–Crippen MR) is 260 cm³/mol. The molecular formula is C57H36N4S. The zero-order valence-corrected chi connectivity index (χ0v) is 33.8.